The molecule has 2 aromatic rings. The molecule has 1 aromatic heterocycles. The monoisotopic (exact) mass is 343 g/mol. The average molecular weight is 343 g/mol. The molecule has 8 nitrogen and oxygen atoms in total. The molecule has 1 fully saturated rings. The third kappa shape index (κ3) is 4.56. The predicted molar refractivity (Wildman–Crippen MR) is 90.8 cm³/mol. The maximum absolute atomic E-state index is 12.0. The molecular formula is C17H21N5O3. The SMILES string of the molecule is COc1cccc(CNC(=O)Cn2cc(NC(=O)C3CCC3)nn2)c1. The van der Waals surface area contributed by atoms with Crippen LogP contribution in [0.15, 0.2) is 30.5 Å². The number of rotatable bonds is 7. The largest absolute Gasteiger partial charge is 0.497 e. The van der Waals surface area contributed by atoms with Gasteiger partial charge in [0.2, 0.25) is 11.8 Å². The van der Waals surface area contributed by atoms with Crippen LogP contribution < -0.4 is 15.4 Å². The highest BCUT2D eigenvalue weighted by Gasteiger charge is 2.25. The quantitative estimate of drug-likeness (QED) is 0.790. The summed E-state index contributed by atoms with van der Waals surface area (Å²) in [4.78, 5) is 23.9. The topological polar surface area (TPSA) is 98.1 Å². The lowest BCUT2D eigenvalue weighted by Crippen LogP contribution is -2.28. The second kappa shape index (κ2) is 7.78. The van der Waals surface area contributed by atoms with Crippen molar-refractivity contribution in [2.75, 3.05) is 12.4 Å². The zero-order chi connectivity index (χ0) is 17.6. The molecule has 2 N–H and O–H groups in total. The molecule has 0 spiro atoms. The Balaban J connectivity index is 1.46. The van der Waals surface area contributed by atoms with Crippen molar-refractivity contribution in [3.05, 3.63) is 36.0 Å². The Hall–Kier alpha value is -2.90. The molecule has 1 aliphatic rings. The second-order valence-corrected chi connectivity index (χ2v) is 6.05. The van der Waals surface area contributed by atoms with Crippen LogP contribution in [0.3, 0.4) is 0 Å². The number of carbonyl (C=O) groups is 2. The summed E-state index contributed by atoms with van der Waals surface area (Å²) in [5.74, 6) is 0.981. The highest BCUT2D eigenvalue weighted by atomic mass is 16.5. The van der Waals surface area contributed by atoms with Gasteiger partial charge in [-0.15, -0.1) is 5.10 Å². The van der Waals surface area contributed by atoms with E-state index >= 15 is 0 Å². The fourth-order valence-electron chi connectivity index (χ4n) is 2.52. The number of aromatic nitrogens is 3. The van der Waals surface area contributed by atoms with Gasteiger partial charge < -0.3 is 15.4 Å². The Morgan fingerprint density at radius 2 is 2.20 bits per heavy atom. The highest BCUT2D eigenvalue weighted by Crippen LogP contribution is 2.27. The van der Waals surface area contributed by atoms with E-state index in [-0.39, 0.29) is 24.3 Å². The van der Waals surface area contributed by atoms with E-state index in [1.165, 1.54) is 4.68 Å². The number of benzene rings is 1. The summed E-state index contributed by atoms with van der Waals surface area (Å²) in [6.45, 7) is 0.437. The molecule has 1 aromatic carbocycles. The van der Waals surface area contributed by atoms with E-state index in [2.05, 4.69) is 20.9 Å². The molecule has 8 heteroatoms. The molecule has 1 saturated carbocycles. The molecule has 0 radical (unpaired) electrons. The number of hydrogen-bond donors (Lipinski definition) is 2. The number of nitrogens with zero attached hydrogens (tertiary/aromatic N) is 3. The van der Waals surface area contributed by atoms with Crippen LogP contribution in [-0.2, 0) is 22.7 Å². The summed E-state index contributed by atoms with van der Waals surface area (Å²) in [6, 6.07) is 7.49. The van der Waals surface area contributed by atoms with Gasteiger partial charge in [-0.1, -0.05) is 23.8 Å². The summed E-state index contributed by atoms with van der Waals surface area (Å²) in [7, 11) is 1.60. The number of anilines is 1. The van der Waals surface area contributed by atoms with E-state index in [1.54, 1.807) is 13.3 Å². The summed E-state index contributed by atoms with van der Waals surface area (Å²) in [5, 5.41) is 13.3. The summed E-state index contributed by atoms with van der Waals surface area (Å²) < 4.78 is 6.55. The summed E-state index contributed by atoms with van der Waals surface area (Å²) in [6.07, 6.45) is 4.50. The Labute approximate surface area is 145 Å². The first-order valence-corrected chi connectivity index (χ1v) is 8.24. The van der Waals surface area contributed by atoms with E-state index in [9.17, 15) is 9.59 Å². The molecule has 1 aliphatic carbocycles. The van der Waals surface area contributed by atoms with Crippen molar-refractivity contribution in [1.82, 2.24) is 20.3 Å². The zero-order valence-electron chi connectivity index (χ0n) is 14.1. The molecule has 0 unspecified atom stereocenters. The van der Waals surface area contributed by atoms with Gasteiger partial charge in [0.05, 0.1) is 13.3 Å². The summed E-state index contributed by atoms with van der Waals surface area (Å²) >= 11 is 0. The van der Waals surface area contributed by atoms with Crippen molar-refractivity contribution < 1.29 is 14.3 Å². The van der Waals surface area contributed by atoms with Crippen molar-refractivity contribution in [2.45, 2.75) is 32.4 Å². The lowest BCUT2D eigenvalue weighted by molar-refractivity contribution is -0.122. The number of carbonyl (C=O) groups excluding carboxylic acids is 2. The van der Waals surface area contributed by atoms with Crippen molar-refractivity contribution in [3.63, 3.8) is 0 Å². The van der Waals surface area contributed by atoms with E-state index in [0.717, 1.165) is 30.6 Å². The van der Waals surface area contributed by atoms with Gasteiger partial charge in [0.15, 0.2) is 5.82 Å². The van der Waals surface area contributed by atoms with Crippen molar-refractivity contribution in [3.8, 4) is 5.75 Å². The number of amides is 2. The highest BCUT2D eigenvalue weighted by molar-refractivity contribution is 5.92. The second-order valence-electron chi connectivity index (χ2n) is 6.05. The standard InChI is InChI=1S/C17H21N5O3/c1-25-14-7-2-4-12(8-14)9-18-16(23)11-22-10-15(20-21-22)19-17(24)13-5-3-6-13/h2,4,7-8,10,13H,3,5-6,9,11H2,1H3,(H,18,23)(H,19,24). The van der Waals surface area contributed by atoms with Crippen LogP contribution in [0.2, 0.25) is 0 Å². The van der Waals surface area contributed by atoms with Gasteiger partial charge in [-0.3, -0.25) is 9.59 Å². The fraction of sp³-hybridized carbons (Fsp3) is 0.412. The van der Waals surface area contributed by atoms with Gasteiger partial charge in [-0.25, -0.2) is 4.68 Å². The van der Waals surface area contributed by atoms with Crippen molar-refractivity contribution in [1.29, 1.82) is 0 Å². The molecule has 2 amide bonds. The smallest absolute Gasteiger partial charge is 0.242 e. The van der Waals surface area contributed by atoms with Crippen molar-refractivity contribution >= 4 is 17.6 Å². The molecule has 132 valence electrons. The Morgan fingerprint density at radius 1 is 1.36 bits per heavy atom. The Kier molecular flexibility index (Phi) is 5.27. The van der Waals surface area contributed by atoms with Gasteiger partial charge >= 0.3 is 0 Å². The predicted octanol–water partition coefficient (Wildman–Crippen LogP) is 1.34. The first kappa shape index (κ1) is 16.9. The molecule has 0 atom stereocenters. The van der Waals surface area contributed by atoms with E-state index in [1.807, 2.05) is 24.3 Å². The first-order chi connectivity index (χ1) is 12.1. The van der Waals surface area contributed by atoms with E-state index < -0.39 is 0 Å². The van der Waals surface area contributed by atoms with Crippen molar-refractivity contribution in [2.24, 2.45) is 5.92 Å². The Bertz CT molecular complexity index is 754. The number of methoxy groups -OCH3 is 1. The lowest BCUT2D eigenvalue weighted by atomic mass is 9.85. The Morgan fingerprint density at radius 3 is 2.92 bits per heavy atom. The molecule has 0 aliphatic heterocycles. The normalized spacial score (nSPS) is 13.8. The van der Waals surface area contributed by atoms with Gasteiger partial charge in [-0.2, -0.15) is 0 Å². The van der Waals surface area contributed by atoms with Crippen LogP contribution in [0.5, 0.6) is 5.75 Å². The third-order valence-electron chi connectivity index (χ3n) is 4.20. The molecule has 1 heterocycles. The van der Waals surface area contributed by atoms with Crippen LogP contribution in [0.25, 0.3) is 0 Å². The molecular weight excluding hydrogens is 322 g/mol. The third-order valence-corrected chi connectivity index (χ3v) is 4.20. The minimum Gasteiger partial charge on any atom is -0.497 e. The van der Waals surface area contributed by atoms with E-state index in [4.69, 9.17) is 4.74 Å². The van der Waals surface area contributed by atoms with Crippen LogP contribution in [-0.4, -0.2) is 33.9 Å². The zero-order valence-corrected chi connectivity index (χ0v) is 14.1. The average Bonchev–Trinajstić information content (AvgIpc) is 2.98. The first-order valence-electron chi connectivity index (χ1n) is 8.24. The fourth-order valence-corrected chi connectivity index (χ4v) is 2.52. The van der Waals surface area contributed by atoms with Gasteiger partial charge in [0, 0.05) is 12.5 Å². The van der Waals surface area contributed by atoms with Crippen LogP contribution in [0.4, 0.5) is 5.82 Å². The molecule has 3 rings (SSSR count). The van der Waals surface area contributed by atoms with Gasteiger partial charge in [0.25, 0.3) is 0 Å². The van der Waals surface area contributed by atoms with Gasteiger partial charge in [0.1, 0.15) is 12.3 Å². The van der Waals surface area contributed by atoms with Crippen LogP contribution in [0.1, 0.15) is 24.8 Å². The molecule has 0 bridgehead atoms. The molecule has 0 saturated heterocycles. The minimum absolute atomic E-state index is 0.0271. The number of ether oxygens (including phenoxy) is 1. The molecule has 25 heavy (non-hydrogen) atoms. The van der Waals surface area contributed by atoms with Gasteiger partial charge in [-0.05, 0) is 30.5 Å². The minimum atomic E-state index is -0.190. The maximum atomic E-state index is 12.0. The number of nitrogens with one attached hydrogen (secondary N) is 2. The lowest BCUT2D eigenvalue weighted by Gasteiger charge is -2.23. The maximum Gasteiger partial charge on any atom is 0.242 e. The summed E-state index contributed by atoms with van der Waals surface area (Å²) in [5.41, 5.74) is 0.944. The van der Waals surface area contributed by atoms with Crippen LogP contribution >= 0.6 is 0 Å². The van der Waals surface area contributed by atoms with E-state index in [0.29, 0.717) is 12.4 Å². The van der Waals surface area contributed by atoms with Crippen LogP contribution in [0, 0.1) is 5.92 Å². The number of hydrogen-bond acceptors (Lipinski definition) is 5.